The van der Waals surface area contributed by atoms with Gasteiger partial charge in [0.05, 0.1) is 39.8 Å². The van der Waals surface area contributed by atoms with Gasteiger partial charge in [-0.05, 0) is 0 Å². The lowest BCUT2D eigenvalue weighted by Crippen LogP contribution is -2.52. The van der Waals surface area contributed by atoms with Crippen LogP contribution in [0.25, 0.3) is 22.3 Å². The van der Waals surface area contributed by atoms with Crippen molar-refractivity contribution in [1.29, 1.82) is 0 Å². The number of aromatic nitrogens is 10. The molecule has 0 radical (unpaired) electrons. The molecule has 41 heteroatoms. The number of fused-ring (bicyclic) bond motifs is 2. The number of nitrogens with one attached hydrogen (secondary N) is 2. The van der Waals surface area contributed by atoms with Crippen molar-refractivity contribution in [3.05, 3.63) is 62.4 Å². The third kappa shape index (κ3) is 10.7. The fourth-order valence-corrected chi connectivity index (χ4v) is 12.1. The number of hydrogen-bond acceptors (Lipinski definition) is 26. The lowest BCUT2D eigenvalue weighted by Gasteiger charge is -2.28. The Balaban J connectivity index is 0.917. The number of aliphatic hydroxyl groups is 4. The zero-order valence-electron chi connectivity index (χ0n) is 35.5. The number of rotatable bonds is 18. The van der Waals surface area contributed by atoms with Crippen molar-refractivity contribution >= 4 is 65.4 Å². The summed E-state index contributed by atoms with van der Waals surface area (Å²) in [4.78, 5) is 97.6. The van der Waals surface area contributed by atoms with Gasteiger partial charge in [0, 0.05) is 12.3 Å². The molecular weight excluding hydrogens is 1060 g/mol. The highest BCUT2D eigenvalue weighted by molar-refractivity contribution is 7.66. The molecule has 0 amide bonds. The molecule has 10 unspecified atom stereocenters. The number of aromatic amines is 2. The molecule has 390 valence electrons. The minimum atomic E-state index is -6.25. The number of phosphoric acid groups is 4. The summed E-state index contributed by atoms with van der Waals surface area (Å²) in [5.41, 5.74) is 5.81. The molecule has 15 atom stereocenters. The number of anilines is 2. The molecule has 8 rings (SSSR count). The summed E-state index contributed by atoms with van der Waals surface area (Å²) >= 11 is 0. The van der Waals surface area contributed by atoms with Gasteiger partial charge in [0.1, 0.15) is 54.6 Å². The van der Waals surface area contributed by atoms with Crippen molar-refractivity contribution in [3.8, 4) is 0 Å². The monoisotopic (exact) mass is 1100 g/mol. The number of aliphatic hydroxyl groups excluding tert-OH is 3. The Hall–Kier alpha value is -4.65. The standard InChI is InChI=1S/C30H39FN12O24P4/c1-40-10-42(24-17(40)25(48)39-28(33)38-24)27-19(46)18(45)11(63-27)4-61-69(53,54)66-71(57,58)67-70(55,56)62-5-12-20(15(31)26(64-12)41-9-36-16-22(32)34-8-35-23(16)41)65-68(51,52)60-6-13-21(47)30(50,7-59-13)43-3-2-14(44)37-29(43)49/h2-3,8-13,15,18-21,26-27,45-47,50H,4-7H2,1H3,(H9-,32,33,34,35,37,38,39,44,48,49,51,52,53,54,55,56,57,58)/p+1/t11-,12-,13-,15?,18?,19?,20?,21?,26-,27-,30?/m1/s1. The highest BCUT2D eigenvalue weighted by Gasteiger charge is 2.55. The van der Waals surface area contributed by atoms with Crippen LogP contribution in [0.4, 0.5) is 16.2 Å². The molecule has 3 aliphatic heterocycles. The molecule has 36 nitrogen and oxygen atoms in total. The molecule has 5 aromatic rings. The predicted octanol–water partition coefficient (Wildman–Crippen LogP) is -4.77. The predicted molar refractivity (Wildman–Crippen MR) is 222 cm³/mol. The molecular formula is C30H40FN12O24P4+. The molecule has 0 spiro atoms. The number of halogens is 1. The highest BCUT2D eigenvalue weighted by Crippen LogP contribution is 2.68. The molecule has 3 fully saturated rings. The van der Waals surface area contributed by atoms with E-state index < -0.39 is 142 Å². The van der Waals surface area contributed by atoms with Crippen LogP contribution in [0.3, 0.4) is 0 Å². The summed E-state index contributed by atoms with van der Waals surface area (Å²) in [6, 6.07) is 0.840. The number of nitrogens with two attached hydrogens (primary N) is 2. The molecule has 0 saturated carbocycles. The number of nitrogen functional groups attached to an aromatic ring is 2. The summed E-state index contributed by atoms with van der Waals surface area (Å²) in [7, 11) is -22.3. The summed E-state index contributed by atoms with van der Waals surface area (Å²) in [5, 5.41) is 43.2. The Kier molecular flexibility index (Phi) is 14.3. The second kappa shape index (κ2) is 19.3. The molecule has 5 aromatic heterocycles. The van der Waals surface area contributed by atoms with E-state index in [0.29, 0.717) is 4.57 Å². The average molecular weight is 1100 g/mol. The quantitative estimate of drug-likeness (QED) is 0.0289. The second-order valence-electron chi connectivity index (χ2n) is 15.5. The molecule has 0 bridgehead atoms. The van der Waals surface area contributed by atoms with Gasteiger partial charge in [0.25, 0.3) is 17.1 Å². The molecule has 3 saturated heterocycles. The third-order valence-electron chi connectivity index (χ3n) is 10.8. The lowest BCUT2D eigenvalue weighted by atomic mass is 10.1. The van der Waals surface area contributed by atoms with Crippen LogP contribution in [-0.4, -0.2) is 159 Å². The maximum Gasteiger partial charge on any atom is 0.490 e. The first kappa shape index (κ1) is 52.7. The molecule has 14 N–H and O–H groups in total. The minimum absolute atomic E-state index is 0.0374. The molecule has 71 heavy (non-hydrogen) atoms. The first-order valence-electron chi connectivity index (χ1n) is 19.8. The first-order chi connectivity index (χ1) is 33.1. The number of hydrogen-bond donors (Lipinski definition) is 12. The normalized spacial score (nSPS) is 31.4. The molecule has 0 aromatic carbocycles. The van der Waals surface area contributed by atoms with E-state index >= 15 is 4.39 Å². The number of H-pyrrole nitrogens is 2. The Morgan fingerprint density at radius 1 is 0.887 bits per heavy atom. The van der Waals surface area contributed by atoms with Crippen LogP contribution < -0.4 is 32.8 Å². The molecule has 8 heterocycles. The van der Waals surface area contributed by atoms with Crippen molar-refractivity contribution in [1.82, 2.24) is 43.6 Å². The largest absolute Gasteiger partial charge is 0.490 e. The van der Waals surface area contributed by atoms with E-state index in [1.54, 1.807) is 0 Å². The first-order valence-corrected chi connectivity index (χ1v) is 25.8. The molecule has 0 aliphatic carbocycles. The fourth-order valence-electron chi connectivity index (χ4n) is 7.57. The smallest absolute Gasteiger partial charge is 0.387 e. The zero-order chi connectivity index (χ0) is 51.7. The highest BCUT2D eigenvalue weighted by atomic mass is 31.3. The van der Waals surface area contributed by atoms with Crippen molar-refractivity contribution in [2.24, 2.45) is 7.05 Å². The van der Waals surface area contributed by atoms with Crippen molar-refractivity contribution in [2.75, 3.05) is 37.9 Å². The van der Waals surface area contributed by atoms with E-state index in [0.717, 1.165) is 34.1 Å². The molecule has 3 aliphatic rings. The number of ether oxygens (including phenoxy) is 3. The van der Waals surface area contributed by atoms with Gasteiger partial charge in [-0.1, -0.05) is 4.98 Å². The van der Waals surface area contributed by atoms with Crippen molar-refractivity contribution in [2.45, 2.75) is 67.1 Å². The van der Waals surface area contributed by atoms with Gasteiger partial charge in [0.15, 0.2) is 35.9 Å². The fraction of sp³-hybridized carbons (Fsp3) is 0.533. The van der Waals surface area contributed by atoms with E-state index in [4.69, 9.17) is 39.2 Å². The minimum Gasteiger partial charge on any atom is -0.387 e. The summed E-state index contributed by atoms with van der Waals surface area (Å²) < 4.78 is 116. The van der Waals surface area contributed by atoms with Gasteiger partial charge in [0.2, 0.25) is 11.7 Å². The van der Waals surface area contributed by atoms with E-state index in [1.807, 2.05) is 4.98 Å². The Labute approximate surface area is 391 Å². The Morgan fingerprint density at radius 2 is 1.54 bits per heavy atom. The number of nitrogens with zero attached hydrogens (tertiary/aromatic N) is 8. The van der Waals surface area contributed by atoms with Gasteiger partial charge in [-0.2, -0.15) is 8.62 Å². The van der Waals surface area contributed by atoms with Crippen molar-refractivity contribution in [3.63, 3.8) is 0 Å². The average Bonchev–Trinajstić information content (AvgIpc) is 4.05. The maximum atomic E-state index is 16.4. The SMILES string of the molecule is Cn1c[n+]([C@@H]2O[C@H](COP(=O)(O)OP(=O)(O)OP(=O)(O)OC[C@H]3O[C@@H](n4cnc5c(N)ncnc54)C(F)C3OP(=O)(O)OC[C@H]3OCC(O)(n4ccc(=O)[nH]c4=O)C3O)C(O)C2O)c2nc(N)[nH]c(=O)c21. The van der Waals surface area contributed by atoms with E-state index in [2.05, 4.69) is 38.1 Å². The van der Waals surface area contributed by atoms with Crippen molar-refractivity contribution < 1.29 is 108 Å². The summed E-state index contributed by atoms with van der Waals surface area (Å²) in [6.45, 7) is -4.54. The Bertz CT molecular complexity index is 3230. The van der Waals surface area contributed by atoms with E-state index in [9.17, 15) is 72.6 Å². The van der Waals surface area contributed by atoms with Crippen LogP contribution in [-0.2, 0) is 72.0 Å². The number of imidazole rings is 2. The van der Waals surface area contributed by atoms with Crippen LogP contribution in [0.2, 0.25) is 0 Å². The van der Waals surface area contributed by atoms with E-state index in [1.165, 1.54) is 17.9 Å². The summed E-state index contributed by atoms with van der Waals surface area (Å²) in [6.07, 6.45) is -15.8. The topological polar surface area (TPSA) is 518 Å². The van der Waals surface area contributed by atoms with Crippen LogP contribution in [0.1, 0.15) is 12.5 Å². The zero-order valence-corrected chi connectivity index (χ0v) is 39.1. The van der Waals surface area contributed by atoms with E-state index in [-0.39, 0.29) is 34.1 Å². The number of alkyl halides is 1. The second-order valence-corrected chi connectivity index (χ2v) is 21.6. The Morgan fingerprint density at radius 3 is 2.21 bits per heavy atom. The van der Waals surface area contributed by atoms with Gasteiger partial charge in [-0.15, -0.1) is 0 Å². The van der Waals surface area contributed by atoms with Crippen LogP contribution in [0, 0.1) is 0 Å². The van der Waals surface area contributed by atoms with Gasteiger partial charge < -0.3 is 65.7 Å². The maximum absolute atomic E-state index is 16.4. The summed E-state index contributed by atoms with van der Waals surface area (Å²) in [5.74, 6) is -0.504. The van der Waals surface area contributed by atoms with Gasteiger partial charge >= 0.3 is 42.6 Å². The lowest BCUT2D eigenvalue weighted by molar-refractivity contribution is -0.745. The van der Waals surface area contributed by atoms with Crippen LogP contribution in [0.15, 0.2) is 45.6 Å². The number of aryl methyl sites for hydroxylation is 1. The van der Waals surface area contributed by atoms with Crippen LogP contribution in [0.5, 0.6) is 0 Å². The number of phosphoric ester groups is 3. The third-order valence-corrected chi connectivity index (χ3v) is 16.0. The van der Waals surface area contributed by atoms with Crippen LogP contribution >= 0.6 is 31.3 Å². The van der Waals surface area contributed by atoms with Gasteiger partial charge in [-0.3, -0.25) is 51.4 Å². The van der Waals surface area contributed by atoms with Gasteiger partial charge in [-0.25, -0.2) is 47.0 Å².